The predicted molar refractivity (Wildman–Crippen MR) is 60.1 cm³/mol. The second-order valence-electron chi connectivity index (χ2n) is 5.46. The van der Waals surface area contributed by atoms with Crippen molar-refractivity contribution in [3.63, 3.8) is 0 Å². The molecule has 72 valence electrons. The quantitative estimate of drug-likeness (QED) is 0.643. The average Bonchev–Trinajstić information content (AvgIpc) is 2.45. The van der Waals surface area contributed by atoms with Gasteiger partial charge in [0, 0.05) is 0 Å². The van der Waals surface area contributed by atoms with Crippen LogP contribution in [-0.2, 0) is 19.4 Å². The fourth-order valence-electron chi connectivity index (χ4n) is 2.64. The molecule has 1 unspecified atom stereocenters. The molecule has 0 aromatic heterocycles. The summed E-state index contributed by atoms with van der Waals surface area (Å²) in [5.41, 5.74) is 3.61. The SMILES string of the molecule is [CH3][Zr]([CH3])([SiH3])[CH]1C=CC2=C1CCCC2. The van der Waals surface area contributed by atoms with E-state index in [2.05, 4.69) is 21.4 Å². The molecule has 1 atom stereocenters. The van der Waals surface area contributed by atoms with Crippen LogP contribution in [0.2, 0.25) is 12.9 Å². The van der Waals surface area contributed by atoms with Gasteiger partial charge in [-0.3, -0.25) is 0 Å². The number of allylic oxidation sites excluding steroid dienone is 4. The standard InChI is InChI=1S/C9H11.2CH3.H3Si.Zr/c1-2-5-9-7-3-6-8(9)4-1;;;;/h3,6-7H,1-2,4-5H2;3*1H3;. The Morgan fingerprint density at radius 2 is 2.00 bits per heavy atom. The van der Waals surface area contributed by atoms with Gasteiger partial charge >= 0.3 is 88.7 Å². The summed E-state index contributed by atoms with van der Waals surface area (Å²) >= 11 is -1.55. The van der Waals surface area contributed by atoms with Gasteiger partial charge in [0.2, 0.25) is 0 Å². The average molecular weight is 272 g/mol. The first-order chi connectivity index (χ1) is 6.09. The van der Waals surface area contributed by atoms with E-state index in [0.717, 1.165) is 3.63 Å². The van der Waals surface area contributed by atoms with E-state index in [1.165, 1.54) is 33.1 Å². The molecule has 0 N–H and O–H groups in total. The molecule has 0 amide bonds. The Balaban J connectivity index is 2.26. The monoisotopic (exact) mass is 270 g/mol. The molecule has 13 heavy (non-hydrogen) atoms. The van der Waals surface area contributed by atoms with Crippen LogP contribution in [0.5, 0.6) is 0 Å². The van der Waals surface area contributed by atoms with Gasteiger partial charge < -0.3 is 0 Å². The second kappa shape index (κ2) is 3.62. The predicted octanol–water partition coefficient (Wildman–Crippen LogP) is 2.75. The molecule has 0 radical (unpaired) electrons. The maximum absolute atomic E-state index is 2.63. The van der Waals surface area contributed by atoms with Gasteiger partial charge in [-0.15, -0.1) is 0 Å². The Kier molecular flexibility index (Phi) is 2.82. The van der Waals surface area contributed by atoms with Crippen LogP contribution in [0, 0.1) is 0 Å². The third-order valence-electron chi connectivity index (χ3n) is 3.35. The van der Waals surface area contributed by atoms with Gasteiger partial charge in [-0.25, -0.2) is 0 Å². The van der Waals surface area contributed by atoms with Gasteiger partial charge in [0.05, 0.1) is 0 Å². The summed E-state index contributed by atoms with van der Waals surface area (Å²) in [6.45, 7) is 0. The van der Waals surface area contributed by atoms with Crippen molar-refractivity contribution < 1.29 is 19.4 Å². The van der Waals surface area contributed by atoms with Crippen LogP contribution in [-0.4, -0.2) is 7.37 Å². The van der Waals surface area contributed by atoms with E-state index in [-0.39, 0.29) is 0 Å². The molecule has 0 saturated carbocycles. The zero-order valence-corrected chi connectivity index (χ0v) is 13.5. The van der Waals surface area contributed by atoms with Gasteiger partial charge in [0.25, 0.3) is 0 Å². The van der Waals surface area contributed by atoms with E-state index in [9.17, 15) is 0 Å². The molecule has 2 aliphatic rings. The summed E-state index contributed by atoms with van der Waals surface area (Å²) in [7, 11) is 1.51. The Bertz CT molecular complexity index is 270. The van der Waals surface area contributed by atoms with E-state index in [0.29, 0.717) is 0 Å². The third kappa shape index (κ3) is 1.99. The van der Waals surface area contributed by atoms with E-state index in [1.807, 2.05) is 5.57 Å². The second-order valence-corrected chi connectivity index (χ2v) is 33.9. The van der Waals surface area contributed by atoms with Gasteiger partial charge in [-0.2, -0.15) is 0 Å². The van der Waals surface area contributed by atoms with Crippen LogP contribution in [0.25, 0.3) is 0 Å². The summed E-state index contributed by atoms with van der Waals surface area (Å²) in [6, 6.07) is 0. The van der Waals surface area contributed by atoms with E-state index in [1.54, 1.807) is 5.57 Å². The van der Waals surface area contributed by atoms with Crippen LogP contribution >= 0.6 is 0 Å². The third-order valence-corrected chi connectivity index (χ3v) is 12.9. The Hall–Kier alpha value is 0.580. The molecule has 0 bridgehead atoms. The van der Waals surface area contributed by atoms with Crippen molar-refractivity contribution in [2.75, 3.05) is 0 Å². The van der Waals surface area contributed by atoms with Gasteiger partial charge in [-0.05, 0) is 0 Å². The van der Waals surface area contributed by atoms with Gasteiger partial charge in [0.1, 0.15) is 0 Å². The number of hydrogen-bond acceptors (Lipinski definition) is 0. The van der Waals surface area contributed by atoms with Crippen molar-refractivity contribution in [3.05, 3.63) is 23.3 Å². The summed E-state index contributed by atoms with van der Waals surface area (Å²) < 4.78 is 6.25. The van der Waals surface area contributed by atoms with Crippen molar-refractivity contribution in [3.8, 4) is 0 Å². The molecule has 0 aliphatic heterocycles. The van der Waals surface area contributed by atoms with Crippen molar-refractivity contribution in [2.24, 2.45) is 0 Å². The van der Waals surface area contributed by atoms with E-state index in [4.69, 9.17) is 0 Å². The molecule has 2 heteroatoms. The fraction of sp³-hybridized carbons (Fsp3) is 0.636. The molecule has 0 fully saturated rings. The minimum atomic E-state index is -1.55. The Morgan fingerprint density at radius 1 is 1.31 bits per heavy atom. The van der Waals surface area contributed by atoms with Gasteiger partial charge in [0.15, 0.2) is 0 Å². The zero-order valence-electron chi connectivity index (χ0n) is 9.06. The first kappa shape index (κ1) is 10.1. The first-order valence-corrected chi connectivity index (χ1v) is 20.2. The van der Waals surface area contributed by atoms with Crippen molar-refractivity contribution in [2.45, 2.75) is 38.6 Å². The van der Waals surface area contributed by atoms with Crippen LogP contribution in [0.1, 0.15) is 25.7 Å². The molecule has 0 heterocycles. The summed E-state index contributed by atoms with van der Waals surface area (Å²) in [6.07, 6.45) is 10.7. The molecule has 2 rings (SSSR count). The van der Waals surface area contributed by atoms with E-state index >= 15 is 0 Å². The molecule has 0 saturated heterocycles. The fourth-order valence-corrected chi connectivity index (χ4v) is 10.9. The molecular weight excluding hydrogens is 251 g/mol. The molecule has 0 aromatic carbocycles. The van der Waals surface area contributed by atoms with Crippen LogP contribution in [0.15, 0.2) is 23.3 Å². The van der Waals surface area contributed by atoms with Crippen molar-refractivity contribution >= 4 is 7.37 Å². The summed E-state index contributed by atoms with van der Waals surface area (Å²) in [4.78, 5) is 0. The maximum atomic E-state index is 2.63. The Labute approximate surface area is 88.3 Å². The normalized spacial score (nSPS) is 28.3. The zero-order chi connectivity index (χ0) is 9.47. The Morgan fingerprint density at radius 3 is 2.69 bits per heavy atom. The van der Waals surface area contributed by atoms with Crippen molar-refractivity contribution in [1.82, 2.24) is 0 Å². The molecule has 0 spiro atoms. The minimum absolute atomic E-state index is 0.997. The number of hydrogen-bond donors (Lipinski definition) is 0. The first-order valence-electron chi connectivity index (χ1n) is 5.49. The van der Waals surface area contributed by atoms with Crippen molar-refractivity contribution in [1.29, 1.82) is 0 Å². The topological polar surface area (TPSA) is 0 Å². The molecule has 0 nitrogen and oxygen atoms in total. The molecular formula is C11H20SiZr. The molecule has 0 aromatic rings. The summed E-state index contributed by atoms with van der Waals surface area (Å²) in [5, 5.41) is 0. The number of rotatable bonds is 1. The van der Waals surface area contributed by atoms with Crippen LogP contribution in [0.4, 0.5) is 0 Å². The van der Waals surface area contributed by atoms with E-state index < -0.39 is 19.4 Å². The van der Waals surface area contributed by atoms with Crippen LogP contribution in [0.3, 0.4) is 0 Å². The molecule has 2 aliphatic carbocycles. The van der Waals surface area contributed by atoms with Gasteiger partial charge in [-0.1, -0.05) is 0 Å². The summed E-state index contributed by atoms with van der Waals surface area (Å²) in [5.74, 6) is 0. The van der Waals surface area contributed by atoms with Crippen LogP contribution < -0.4 is 0 Å².